The first-order valence-corrected chi connectivity index (χ1v) is 26.4. The van der Waals surface area contributed by atoms with Crippen LogP contribution in [0.1, 0.15) is 125 Å². The average molecular weight is 1040 g/mol. The molecule has 0 bridgehead atoms. The minimum absolute atomic E-state index is 0.196. The van der Waals surface area contributed by atoms with Gasteiger partial charge in [-0.05, 0) is 111 Å². The maximum Gasteiger partial charge on any atom is 0.416 e. The van der Waals surface area contributed by atoms with Crippen molar-refractivity contribution in [2.45, 2.75) is 130 Å². The number of aryl methyl sites for hydroxylation is 2. The van der Waals surface area contributed by atoms with Gasteiger partial charge in [-0.3, -0.25) is 28.4 Å². The van der Waals surface area contributed by atoms with Crippen molar-refractivity contribution >= 4 is 56.9 Å². The van der Waals surface area contributed by atoms with Crippen molar-refractivity contribution < 1.29 is 32.3 Å². The van der Waals surface area contributed by atoms with Crippen LogP contribution < -0.4 is 27.5 Å². The van der Waals surface area contributed by atoms with Crippen molar-refractivity contribution in [2.75, 3.05) is 19.6 Å². The van der Waals surface area contributed by atoms with Gasteiger partial charge in [0.15, 0.2) is 5.65 Å². The highest BCUT2D eigenvalue weighted by Crippen LogP contribution is 2.35. The van der Waals surface area contributed by atoms with Crippen LogP contribution in [-0.2, 0) is 34.2 Å². The number of allylic oxidation sites excluding steroid dienone is 1. The molecule has 3 aromatic heterocycles. The van der Waals surface area contributed by atoms with Crippen molar-refractivity contribution in [3.63, 3.8) is 0 Å². The van der Waals surface area contributed by atoms with E-state index in [1.807, 2.05) is 63.7 Å². The molecule has 0 radical (unpaired) electrons. The average Bonchev–Trinajstić information content (AvgIpc) is 4.17. The molecular formula is C55H70F3N11O4S. The predicted molar refractivity (Wildman–Crippen MR) is 284 cm³/mol. The van der Waals surface area contributed by atoms with E-state index in [1.54, 1.807) is 61.9 Å². The summed E-state index contributed by atoms with van der Waals surface area (Å²) in [6.07, 6.45) is 8.10. The number of alkyl halides is 3. The standard InChI is InChI=1S/C55H70F3N11O4S/c1-36-48(74-35-63-36)38-20-18-37(19-21-38)32-62-52(72)46-16-14-30-68(46)53(73)49(54(2,3)4)64-47(70)17-11-9-10-15-41(59)33-67(60)29-13-8-6-7-12-28-61-51(71)39-22-27-45-43(31-39)44-34-66(5)65-50(44)69(45)42-25-23-40(24-26-42)55(56,57)58/h18-27,31,33-35,46,49H,6-17,28-30,32,59-60H2,1-5H3,(H,61,71)(H,62,72)(H,64,70)/b41-33-. The Balaban J connectivity index is 0.754. The van der Waals surface area contributed by atoms with Crippen LogP contribution in [0.5, 0.6) is 0 Å². The summed E-state index contributed by atoms with van der Waals surface area (Å²) in [7, 11) is 1.77. The number of thiazole rings is 1. The van der Waals surface area contributed by atoms with E-state index in [2.05, 4.69) is 26.0 Å². The largest absolute Gasteiger partial charge is 0.416 e. The summed E-state index contributed by atoms with van der Waals surface area (Å²) < 4.78 is 43.2. The zero-order valence-electron chi connectivity index (χ0n) is 43.1. The van der Waals surface area contributed by atoms with Gasteiger partial charge in [-0.1, -0.05) is 70.7 Å². The Morgan fingerprint density at radius 2 is 1.59 bits per heavy atom. The summed E-state index contributed by atoms with van der Waals surface area (Å²) in [5, 5.41) is 16.8. The van der Waals surface area contributed by atoms with Gasteiger partial charge in [-0.25, -0.2) is 10.8 Å². The van der Waals surface area contributed by atoms with Crippen molar-refractivity contribution in [1.82, 2.24) is 45.2 Å². The van der Waals surface area contributed by atoms with Gasteiger partial charge in [0, 0.05) is 79.8 Å². The number of carbonyl (C=O) groups excluding carboxylic acids is 4. The van der Waals surface area contributed by atoms with Crippen LogP contribution in [-0.4, -0.2) is 84.6 Å². The topological polar surface area (TPSA) is 199 Å². The second-order valence-electron chi connectivity index (χ2n) is 20.4. The highest BCUT2D eigenvalue weighted by molar-refractivity contribution is 7.13. The van der Waals surface area contributed by atoms with E-state index in [-0.39, 0.29) is 30.0 Å². The van der Waals surface area contributed by atoms with E-state index in [1.165, 1.54) is 12.1 Å². The molecule has 0 spiro atoms. The Hall–Kier alpha value is -6.73. The highest BCUT2D eigenvalue weighted by atomic mass is 32.1. The van der Waals surface area contributed by atoms with Crippen LogP contribution in [0.25, 0.3) is 38.1 Å². The first kappa shape index (κ1) is 55.0. The van der Waals surface area contributed by atoms with E-state index < -0.39 is 29.2 Å². The number of hydrogen-bond donors (Lipinski definition) is 5. The predicted octanol–water partition coefficient (Wildman–Crippen LogP) is 9.41. The first-order chi connectivity index (χ1) is 35.3. The van der Waals surface area contributed by atoms with Gasteiger partial charge in [0.05, 0.1) is 27.2 Å². The van der Waals surface area contributed by atoms with Crippen molar-refractivity contribution in [3.05, 3.63) is 113 Å². The van der Waals surface area contributed by atoms with Gasteiger partial charge in [-0.15, -0.1) is 11.3 Å². The van der Waals surface area contributed by atoms with Crippen molar-refractivity contribution in [1.29, 1.82) is 0 Å². The van der Waals surface area contributed by atoms with Crippen molar-refractivity contribution in [3.8, 4) is 16.1 Å². The van der Waals surface area contributed by atoms with Crippen LogP contribution >= 0.6 is 11.3 Å². The Bertz CT molecular complexity index is 2920. The molecule has 3 aromatic carbocycles. The van der Waals surface area contributed by atoms with Gasteiger partial charge < -0.3 is 31.6 Å². The molecular weight excluding hydrogens is 968 g/mol. The molecule has 1 saturated heterocycles. The SMILES string of the molecule is Cc1ncsc1-c1ccc(CNC(=O)C2CCCN2C(=O)C(NC(=O)CCCCC/C(N)=C/N(N)CCCCCCCNC(=O)c2ccc3c(c2)c2cn(C)nc2n3-c2ccc(C(F)(F)F)cc2)C(C)(C)C)cc1. The van der Waals surface area contributed by atoms with Crippen molar-refractivity contribution in [2.24, 2.45) is 24.0 Å². The van der Waals surface area contributed by atoms with Crippen LogP contribution in [0.4, 0.5) is 13.2 Å². The number of hydrazine groups is 1. The number of fused-ring (bicyclic) bond motifs is 3. The summed E-state index contributed by atoms with van der Waals surface area (Å²) in [5.74, 6) is 5.39. The lowest BCUT2D eigenvalue weighted by atomic mass is 9.85. The first-order valence-electron chi connectivity index (χ1n) is 25.6. The molecule has 19 heteroatoms. The molecule has 1 aliphatic heterocycles. The number of amides is 4. The highest BCUT2D eigenvalue weighted by Gasteiger charge is 2.42. The number of carbonyl (C=O) groups is 4. The lowest BCUT2D eigenvalue weighted by Gasteiger charge is -2.35. The van der Waals surface area contributed by atoms with Crippen LogP contribution in [0.3, 0.4) is 0 Å². The third-order valence-corrected chi connectivity index (χ3v) is 14.5. The molecule has 7 N–H and O–H groups in total. The second-order valence-corrected chi connectivity index (χ2v) is 21.3. The number of halogens is 3. The third kappa shape index (κ3) is 14.1. The molecule has 0 saturated carbocycles. The number of aromatic nitrogens is 4. The Morgan fingerprint density at radius 1 is 0.892 bits per heavy atom. The fourth-order valence-corrected chi connectivity index (χ4v) is 10.3. The number of nitrogens with one attached hydrogen (secondary N) is 3. The Morgan fingerprint density at radius 3 is 2.30 bits per heavy atom. The second kappa shape index (κ2) is 24.5. The van der Waals surface area contributed by atoms with Crippen LogP contribution in [0.2, 0.25) is 0 Å². The molecule has 74 heavy (non-hydrogen) atoms. The molecule has 396 valence electrons. The van der Waals surface area contributed by atoms with Crippen LogP contribution in [0.15, 0.2) is 90.3 Å². The minimum Gasteiger partial charge on any atom is -0.401 e. The maximum atomic E-state index is 14.0. The molecule has 1 aliphatic rings. The fourth-order valence-electron chi connectivity index (χ4n) is 9.49. The van der Waals surface area contributed by atoms with Gasteiger partial charge in [-0.2, -0.15) is 18.3 Å². The van der Waals surface area contributed by atoms with Gasteiger partial charge in [0.1, 0.15) is 12.1 Å². The van der Waals surface area contributed by atoms with E-state index in [0.717, 1.165) is 95.1 Å². The number of hydrogen-bond acceptors (Lipinski definition) is 10. The maximum absolute atomic E-state index is 14.0. The van der Waals surface area contributed by atoms with E-state index >= 15 is 0 Å². The van der Waals surface area contributed by atoms with Crippen LogP contribution in [0, 0.1) is 12.3 Å². The smallest absolute Gasteiger partial charge is 0.401 e. The summed E-state index contributed by atoms with van der Waals surface area (Å²) in [4.78, 5) is 60.9. The van der Waals surface area contributed by atoms with E-state index in [9.17, 15) is 32.3 Å². The number of nitrogens with two attached hydrogens (primary N) is 2. The van der Waals surface area contributed by atoms with Gasteiger partial charge in [0.2, 0.25) is 17.7 Å². The number of benzene rings is 3. The number of likely N-dealkylation sites (tertiary alicyclic amines) is 1. The molecule has 0 aliphatic carbocycles. The Kier molecular flexibility index (Phi) is 18.2. The zero-order chi connectivity index (χ0) is 53.2. The molecule has 15 nitrogen and oxygen atoms in total. The van der Waals surface area contributed by atoms with E-state index in [4.69, 9.17) is 11.6 Å². The Labute approximate surface area is 434 Å². The molecule has 4 heterocycles. The normalized spacial score (nSPS) is 14.7. The van der Waals surface area contributed by atoms with E-state index in [0.29, 0.717) is 74.5 Å². The molecule has 2 unspecified atom stereocenters. The molecule has 2 atom stereocenters. The third-order valence-electron chi connectivity index (χ3n) is 13.5. The minimum atomic E-state index is -4.44. The fraction of sp³-hybridized carbons (Fsp3) is 0.455. The number of rotatable bonds is 23. The number of nitrogens with zero attached hydrogens (tertiary/aromatic N) is 6. The summed E-state index contributed by atoms with van der Waals surface area (Å²) >= 11 is 1.59. The quantitative estimate of drug-likeness (QED) is 0.0236. The summed E-state index contributed by atoms with van der Waals surface area (Å²) in [6, 6.07) is 16.9. The summed E-state index contributed by atoms with van der Waals surface area (Å²) in [5.41, 5.74) is 12.9. The summed E-state index contributed by atoms with van der Waals surface area (Å²) in [6.45, 7) is 9.72. The lowest BCUT2D eigenvalue weighted by molar-refractivity contribution is -0.143. The van der Waals surface area contributed by atoms with Gasteiger partial charge in [0.25, 0.3) is 5.91 Å². The monoisotopic (exact) mass is 1040 g/mol. The van der Waals surface area contributed by atoms with Gasteiger partial charge >= 0.3 is 6.18 Å². The molecule has 1 fully saturated rings. The lowest BCUT2D eigenvalue weighted by Crippen LogP contribution is -2.57. The zero-order valence-corrected chi connectivity index (χ0v) is 43.9. The molecule has 7 rings (SSSR count). The number of unbranched alkanes of at least 4 members (excludes halogenated alkanes) is 6. The molecule has 4 amide bonds. The molecule has 6 aromatic rings.